The zero-order valence-electron chi connectivity index (χ0n) is 9.10. The van der Waals surface area contributed by atoms with Crippen molar-refractivity contribution in [1.29, 1.82) is 0 Å². The first-order valence-electron chi connectivity index (χ1n) is 4.91. The third kappa shape index (κ3) is 2.82. The molecule has 1 N–H and O–H groups in total. The van der Waals surface area contributed by atoms with Gasteiger partial charge in [0.2, 0.25) is 0 Å². The van der Waals surface area contributed by atoms with Crippen LogP contribution in [-0.4, -0.2) is 12.0 Å². The van der Waals surface area contributed by atoms with Gasteiger partial charge < -0.3 is 5.32 Å². The van der Waals surface area contributed by atoms with Crippen LogP contribution in [0.3, 0.4) is 0 Å². The van der Waals surface area contributed by atoms with Crippen molar-refractivity contribution >= 4 is 15.9 Å². The minimum atomic E-state index is 0.194. The molecule has 0 unspecified atom stereocenters. The fraction of sp³-hybridized carbons (Fsp3) is 0.500. The second-order valence-electron chi connectivity index (χ2n) is 4.26. The molecule has 0 aliphatic carbocycles. The van der Waals surface area contributed by atoms with Crippen LogP contribution in [0.2, 0.25) is 0 Å². The van der Waals surface area contributed by atoms with E-state index in [0.29, 0.717) is 0 Å². The largest absolute Gasteiger partial charge is 0.306 e. The predicted molar refractivity (Wildman–Crippen MR) is 66.0 cm³/mol. The van der Waals surface area contributed by atoms with Crippen LogP contribution in [0.25, 0.3) is 0 Å². The molecule has 0 radical (unpaired) electrons. The smallest absolute Gasteiger partial charge is 0.0517 e. The van der Waals surface area contributed by atoms with Gasteiger partial charge in [-0.05, 0) is 18.1 Å². The van der Waals surface area contributed by atoms with Crippen molar-refractivity contribution in [1.82, 2.24) is 5.32 Å². The van der Waals surface area contributed by atoms with Gasteiger partial charge in [-0.3, -0.25) is 0 Å². The van der Waals surface area contributed by atoms with E-state index in [1.54, 1.807) is 0 Å². The molecular formula is C12H18BrN. The van der Waals surface area contributed by atoms with E-state index in [0.717, 1.165) is 12.0 Å². The lowest BCUT2D eigenvalue weighted by atomic mass is 9.82. The Morgan fingerprint density at radius 1 is 1.29 bits per heavy atom. The maximum Gasteiger partial charge on any atom is 0.0517 e. The second kappa shape index (κ2) is 4.94. The number of alkyl halides is 1. The number of nitrogens with one attached hydrogen (secondary N) is 1. The lowest BCUT2D eigenvalue weighted by Gasteiger charge is -2.27. The molecule has 1 aromatic rings. The molecule has 1 nitrogen and oxygen atoms in total. The summed E-state index contributed by atoms with van der Waals surface area (Å²) in [5.74, 6) is 0. The van der Waals surface area contributed by atoms with Crippen LogP contribution >= 0.6 is 15.9 Å². The molecular weight excluding hydrogens is 238 g/mol. The summed E-state index contributed by atoms with van der Waals surface area (Å²) in [4.78, 5) is 0. The Morgan fingerprint density at radius 3 is 2.50 bits per heavy atom. The molecule has 0 atom stereocenters. The normalized spacial score (nSPS) is 11.7. The highest BCUT2D eigenvalue weighted by molar-refractivity contribution is 9.09. The highest BCUT2D eigenvalue weighted by Crippen LogP contribution is 2.25. The van der Waals surface area contributed by atoms with Crippen LogP contribution in [0.4, 0.5) is 0 Å². The molecule has 0 aliphatic rings. The molecule has 0 bridgehead atoms. The molecule has 0 saturated carbocycles. The lowest BCUT2D eigenvalue weighted by molar-refractivity contribution is 0.488. The minimum Gasteiger partial charge on any atom is -0.306 e. The van der Waals surface area contributed by atoms with Crippen molar-refractivity contribution in [3.05, 3.63) is 35.4 Å². The number of benzene rings is 1. The molecule has 0 spiro atoms. The Hall–Kier alpha value is -0.340. The SMILES string of the molecule is Cc1ccccc1C(C)(C)CNCBr. The van der Waals surface area contributed by atoms with Gasteiger partial charge in [0.15, 0.2) is 0 Å². The molecule has 0 saturated heterocycles. The second-order valence-corrected chi connectivity index (χ2v) is 4.82. The van der Waals surface area contributed by atoms with Gasteiger partial charge in [0.05, 0.1) is 5.45 Å². The highest BCUT2D eigenvalue weighted by atomic mass is 79.9. The average molecular weight is 256 g/mol. The van der Waals surface area contributed by atoms with Crippen molar-refractivity contribution in [2.24, 2.45) is 0 Å². The molecule has 2 heteroatoms. The van der Waals surface area contributed by atoms with Gasteiger partial charge in [-0.25, -0.2) is 0 Å². The van der Waals surface area contributed by atoms with E-state index in [-0.39, 0.29) is 5.41 Å². The number of halogens is 1. The van der Waals surface area contributed by atoms with Crippen LogP contribution < -0.4 is 5.32 Å². The number of hydrogen-bond donors (Lipinski definition) is 1. The molecule has 78 valence electrons. The summed E-state index contributed by atoms with van der Waals surface area (Å²) in [5.41, 5.74) is 3.84. The maximum absolute atomic E-state index is 3.38. The fourth-order valence-corrected chi connectivity index (χ4v) is 1.99. The standard InChI is InChI=1S/C12H18BrN/c1-10-6-4-5-7-11(10)12(2,3)8-14-9-13/h4-7,14H,8-9H2,1-3H3. The van der Waals surface area contributed by atoms with Gasteiger partial charge in [0, 0.05) is 12.0 Å². The van der Waals surface area contributed by atoms with E-state index >= 15 is 0 Å². The Balaban J connectivity index is 2.86. The molecule has 0 aliphatic heterocycles. The van der Waals surface area contributed by atoms with Crippen LogP contribution in [0, 0.1) is 6.92 Å². The van der Waals surface area contributed by atoms with E-state index in [2.05, 4.69) is 66.3 Å². The van der Waals surface area contributed by atoms with Crippen LogP contribution in [-0.2, 0) is 5.41 Å². The molecule has 1 rings (SSSR count). The average Bonchev–Trinajstić information content (AvgIpc) is 2.15. The topological polar surface area (TPSA) is 12.0 Å². The zero-order chi connectivity index (χ0) is 10.6. The monoisotopic (exact) mass is 255 g/mol. The third-order valence-corrected chi connectivity index (χ3v) is 2.93. The van der Waals surface area contributed by atoms with Gasteiger partial charge in [-0.2, -0.15) is 0 Å². The van der Waals surface area contributed by atoms with Gasteiger partial charge in [-0.1, -0.05) is 54.0 Å². The van der Waals surface area contributed by atoms with Crippen molar-refractivity contribution < 1.29 is 0 Å². The Labute approximate surface area is 95.0 Å². The number of aryl methyl sites for hydroxylation is 1. The van der Waals surface area contributed by atoms with Gasteiger partial charge in [-0.15, -0.1) is 0 Å². The summed E-state index contributed by atoms with van der Waals surface area (Å²) < 4.78 is 0. The number of rotatable bonds is 4. The lowest BCUT2D eigenvalue weighted by Crippen LogP contribution is -2.32. The third-order valence-electron chi connectivity index (χ3n) is 2.54. The summed E-state index contributed by atoms with van der Waals surface area (Å²) in [6.07, 6.45) is 0. The molecule has 0 fully saturated rings. The first-order valence-corrected chi connectivity index (χ1v) is 6.03. The van der Waals surface area contributed by atoms with E-state index in [1.165, 1.54) is 11.1 Å². The van der Waals surface area contributed by atoms with Crippen LogP contribution in [0.5, 0.6) is 0 Å². The van der Waals surface area contributed by atoms with Gasteiger partial charge >= 0.3 is 0 Å². The Kier molecular flexibility index (Phi) is 4.14. The van der Waals surface area contributed by atoms with Crippen molar-refractivity contribution in [2.45, 2.75) is 26.2 Å². The van der Waals surface area contributed by atoms with Gasteiger partial charge in [0.1, 0.15) is 0 Å². The fourth-order valence-electron chi connectivity index (χ4n) is 1.79. The summed E-state index contributed by atoms with van der Waals surface area (Å²) >= 11 is 3.38. The van der Waals surface area contributed by atoms with Crippen molar-refractivity contribution in [3.8, 4) is 0 Å². The zero-order valence-corrected chi connectivity index (χ0v) is 10.7. The van der Waals surface area contributed by atoms with Crippen LogP contribution in [0.15, 0.2) is 24.3 Å². The molecule has 1 aromatic carbocycles. The van der Waals surface area contributed by atoms with E-state index in [4.69, 9.17) is 0 Å². The molecule has 0 heterocycles. The van der Waals surface area contributed by atoms with E-state index in [9.17, 15) is 0 Å². The summed E-state index contributed by atoms with van der Waals surface area (Å²) in [6, 6.07) is 8.58. The predicted octanol–water partition coefficient (Wildman–Crippen LogP) is 3.21. The Bertz CT molecular complexity index is 294. The molecule has 14 heavy (non-hydrogen) atoms. The Morgan fingerprint density at radius 2 is 1.93 bits per heavy atom. The quantitative estimate of drug-likeness (QED) is 0.644. The van der Waals surface area contributed by atoms with Crippen molar-refractivity contribution in [2.75, 3.05) is 12.0 Å². The first-order chi connectivity index (χ1) is 6.58. The van der Waals surface area contributed by atoms with Crippen molar-refractivity contribution in [3.63, 3.8) is 0 Å². The van der Waals surface area contributed by atoms with E-state index in [1.807, 2.05) is 0 Å². The van der Waals surface area contributed by atoms with E-state index < -0.39 is 0 Å². The first kappa shape index (κ1) is 11.7. The summed E-state index contributed by atoms with van der Waals surface area (Å²) in [5, 5.41) is 3.33. The summed E-state index contributed by atoms with van der Waals surface area (Å²) in [6.45, 7) is 7.70. The highest BCUT2D eigenvalue weighted by Gasteiger charge is 2.21. The summed E-state index contributed by atoms with van der Waals surface area (Å²) in [7, 11) is 0. The minimum absolute atomic E-state index is 0.194. The van der Waals surface area contributed by atoms with Gasteiger partial charge in [0.25, 0.3) is 0 Å². The maximum atomic E-state index is 3.38. The number of hydrogen-bond acceptors (Lipinski definition) is 1. The molecule has 0 aromatic heterocycles. The van der Waals surface area contributed by atoms with Crippen LogP contribution in [0.1, 0.15) is 25.0 Å². The molecule has 0 amide bonds.